The van der Waals surface area contributed by atoms with Gasteiger partial charge < -0.3 is 15.2 Å². The van der Waals surface area contributed by atoms with E-state index in [0.717, 1.165) is 11.3 Å². The maximum absolute atomic E-state index is 12.0. The standard InChI is InChI=1S/C13H13N3O3S/c17-12-8(3-1-5-14-12)15-13(18)9-7-10(19-16-9)11-4-2-6-20-11/h2,4,6-8H,1,3,5H2,(H,14,17)(H,15,18). The summed E-state index contributed by atoms with van der Waals surface area (Å²) in [6.45, 7) is 0.664. The second-order valence-corrected chi connectivity index (χ2v) is 5.46. The lowest BCUT2D eigenvalue weighted by molar-refractivity contribution is -0.124. The summed E-state index contributed by atoms with van der Waals surface area (Å²) in [7, 11) is 0. The van der Waals surface area contributed by atoms with Crippen LogP contribution in [0.15, 0.2) is 28.1 Å². The van der Waals surface area contributed by atoms with Crippen LogP contribution >= 0.6 is 11.3 Å². The summed E-state index contributed by atoms with van der Waals surface area (Å²) in [5, 5.41) is 11.1. The van der Waals surface area contributed by atoms with Gasteiger partial charge in [-0.3, -0.25) is 9.59 Å². The Hall–Kier alpha value is -2.15. The summed E-state index contributed by atoms with van der Waals surface area (Å²) in [4.78, 5) is 24.5. The molecule has 0 saturated carbocycles. The van der Waals surface area contributed by atoms with Crippen molar-refractivity contribution in [3.63, 3.8) is 0 Å². The lowest BCUT2D eigenvalue weighted by atomic mass is 10.1. The number of rotatable bonds is 3. The third kappa shape index (κ3) is 2.57. The van der Waals surface area contributed by atoms with Crippen molar-refractivity contribution in [2.45, 2.75) is 18.9 Å². The maximum atomic E-state index is 12.0. The van der Waals surface area contributed by atoms with Crippen LogP contribution in [-0.2, 0) is 4.79 Å². The molecule has 0 bridgehead atoms. The van der Waals surface area contributed by atoms with Crippen LogP contribution in [0.2, 0.25) is 0 Å². The Morgan fingerprint density at radius 2 is 2.45 bits per heavy atom. The number of carbonyl (C=O) groups excluding carboxylic acids is 2. The van der Waals surface area contributed by atoms with Crippen molar-refractivity contribution in [1.82, 2.24) is 15.8 Å². The SMILES string of the molecule is O=C(NC1CCCNC1=O)c1cc(-c2cccs2)on1. The maximum Gasteiger partial charge on any atom is 0.274 e. The van der Waals surface area contributed by atoms with E-state index in [0.29, 0.717) is 18.7 Å². The molecule has 1 fully saturated rings. The lowest BCUT2D eigenvalue weighted by Crippen LogP contribution is -2.50. The Balaban J connectivity index is 1.70. The summed E-state index contributed by atoms with van der Waals surface area (Å²) in [6.07, 6.45) is 1.50. The van der Waals surface area contributed by atoms with Gasteiger partial charge >= 0.3 is 0 Å². The molecule has 0 spiro atoms. The van der Waals surface area contributed by atoms with Crippen LogP contribution in [0, 0.1) is 0 Å². The molecule has 2 N–H and O–H groups in total. The molecule has 3 rings (SSSR count). The molecule has 2 amide bonds. The number of thiophene rings is 1. The fourth-order valence-electron chi connectivity index (χ4n) is 2.06. The summed E-state index contributed by atoms with van der Waals surface area (Å²) in [5.74, 6) is 0.0171. The van der Waals surface area contributed by atoms with E-state index >= 15 is 0 Å². The lowest BCUT2D eigenvalue weighted by Gasteiger charge is -2.22. The molecule has 0 radical (unpaired) electrons. The van der Waals surface area contributed by atoms with Gasteiger partial charge in [0.1, 0.15) is 6.04 Å². The van der Waals surface area contributed by atoms with Gasteiger partial charge in [0, 0.05) is 12.6 Å². The normalized spacial score (nSPS) is 18.6. The van der Waals surface area contributed by atoms with Crippen LogP contribution in [0.3, 0.4) is 0 Å². The molecular weight excluding hydrogens is 278 g/mol. The average Bonchev–Trinajstić information content (AvgIpc) is 3.11. The number of hydrogen-bond acceptors (Lipinski definition) is 5. The molecule has 1 unspecified atom stereocenters. The topological polar surface area (TPSA) is 84.2 Å². The van der Waals surface area contributed by atoms with Gasteiger partial charge in [-0.05, 0) is 24.3 Å². The van der Waals surface area contributed by atoms with Crippen molar-refractivity contribution < 1.29 is 14.1 Å². The first kappa shape index (κ1) is 12.9. The number of nitrogens with one attached hydrogen (secondary N) is 2. The Labute approximate surface area is 119 Å². The number of aromatic nitrogens is 1. The molecule has 6 nitrogen and oxygen atoms in total. The zero-order chi connectivity index (χ0) is 13.9. The highest BCUT2D eigenvalue weighted by Crippen LogP contribution is 2.25. The van der Waals surface area contributed by atoms with Crippen LogP contribution in [0.4, 0.5) is 0 Å². The minimum atomic E-state index is -0.488. The number of carbonyl (C=O) groups is 2. The number of amides is 2. The Kier molecular flexibility index (Phi) is 3.51. The largest absolute Gasteiger partial charge is 0.355 e. The molecule has 0 aliphatic carbocycles. The van der Waals surface area contributed by atoms with E-state index in [-0.39, 0.29) is 11.6 Å². The van der Waals surface area contributed by atoms with Gasteiger partial charge in [0.25, 0.3) is 5.91 Å². The van der Waals surface area contributed by atoms with E-state index in [1.165, 1.54) is 11.3 Å². The molecular formula is C13H13N3O3S. The fraction of sp³-hybridized carbons (Fsp3) is 0.308. The second-order valence-electron chi connectivity index (χ2n) is 4.51. The number of piperidine rings is 1. The van der Waals surface area contributed by atoms with E-state index in [4.69, 9.17) is 4.52 Å². The van der Waals surface area contributed by atoms with Gasteiger partial charge in [-0.1, -0.05) is 11.2 Å². The minimum Gasteiger partial charge on any atom is -0.355 e. The molecule has 20 heavy (non-hydrogen) atoms. The van der Waals surface area contributed by atoms with E-state index in [2.05, 4.69) is 15.8 Å². The fourth-order valence-corrected chi connectivity index (χ4v) is 2.73. The molecule has 1 saturated heterocycles. The van der Waals surface area contributed by atoms with Crippen molar-refractivity contribution in [1.29, 1.82) is 0 Å². The Morgan fingerprint density at radius 3 is 3.20 bits per heavy atom. The molecule has 7 heteroatoms. The van der Waals surface area contributed by atoms with Gasteiger partial charge in [-0.2, -0.15) is 0 Å². The Morgan fingerprint density at radius 1 is 1.55 bits per heavy atom. The molecule has 1 aliphatic heterocycles. The predicted molar refractivity (Wildman–Crippen MR) is 73.3 cm³/mol. The van der Waals surface area contributed by atoms with Gasteiger partial charge in [0.15, 0.2) is 11.5 Å². The molecule has 3 heterocycles. The first-order valence-corrected chi connectivity index (χ1v) is 7.21. The van der Waals surface area contributed by atoms with E-state index in [1.807, 2.05) is 17.5 Å². The van der Waals surface area contributed by atoms with Gasteiger partial charge in [-0.15, -0.1) is 11.3 Å². The summed E-state index contributed by atoms with van der Waals surface area (Å²) < 4.78 is 5.15. The zero-order valence-corrected chi connectivity index (χ0v) is 11.4. The summed E-state index contributed by atoms with van der Waals surface area (Å²) in [5.41, 5.74) is 0.187. The first-order valence-electron chi connectivity index (χ1n) is 6.33. The van der Waals surface area contributed by atoms with Crippen LogP contribution in [0.25, 0.3) is 10.6 Å². The Bertz CT molecular complexity index is 621. The predicted octanol–water partition coefficient (Wildman–Crippen LogP) is 1.41. The van der Waals surface area contributed by atoms with Gasteiger partial charge in [-0.25, -0.2) is 0 Å². The summed E-state index contributed by atoms with van der Waals surface area (Å²) in [6, 6.07) is 4.89. The monoisotopic (exact) mass is 291 g/mol. The van der Waals surface area contributed by atoms with Gasteiger partial charge in [0.2, 0.25) is 5.91 Å². The number of hydrogen-bond donors (Lipinski definition) is 2. The van der Waals surface area contributed by atoms with Crippen molar-refractivity contribution in [3.8, 4) is 10.6 Å². The zero-order valence-electron chi connectivity index (χ0n) is 10.6. The quantitative estimate of drug-likeness (QED) is 0.895. The second kappa shape index (κ2) is 5.46. The number of nitrogens with zero attached hydrogens (tertiary/aromatic N) is 1. The first-order chi connectivity index (χ1) is 9.74. The molecule has 2 aromatic rings. The third-order valence-electron chi connectivity index (χ3n) is 3.10. The highest BCUT2D eigenvalue weighted by molar-refractivity contribution is 7.13. The van der Waals surface area contributed by atoms with Crippen molar-refractivity contribution in [2.24, 2.45) is 0 Å². The summed E-state index contributed by atoms with van der Waals surface area (Å²) >= 11 is 1.51. The smallest absolute Gasteiger partial charge is 0.274 e. The van der Waals surface area contributed by atoms with Crippen LogP contribution in [0.5, 0.6) is 0 Å². The van der Waals surface area contributed by atoms with Crippen LogP contribution in [-0.4, -0.2) is 29.6 Å². The molecule has 104 valence electrons. The minimum absolute atomic E-state index is 0.147. The highest BCUT2D eigenvalue weighted by Gasteiger charge is 2.25. The molecule has 2 aromatic heterocycles. The van der Waals surface area contributed by atoms with Crippen molar-refractivity contribution >= 4 is 23.2 Å². The van der Waals surface area contributed by atoms with Crippen molar-refractivity contribution in [2.75, 3.05) is 6.54 Å². The van der Waals surface area contributed by atoms with E-state index in [9.17, 15) is 9.59 Å². The third-order valence-corrected chi connectivity index (χ3v) is 3.98. The van der Waals surface area contributed by atoms with Crippen LogP contribution < -0.4 is 10.6 Å². The van der Waals surface area contributed by atoms with E-state index in [1.54, 1.807) is 6.07 Å². The highest BCUT2D eigenvalue weighted by atomic mass is 32.1. The van der Waals surface area contributed by atoms with Crippen molar-refractivity contribution in [3.05, 3.63) is 29.3 Å². The van der Waals surface area contributed by atoms with Crippen LogP contribution in [0.1, 0.15) is 23.3 Å². The molecule has 0 aromatic carbocycles. The molecule has 1 aliphatic rings. The van der Waals surface area contributed by atoms with E-state index < -0.39 is 11.9 Å². The van der Waals surface area contributed by atoms with Gasteiger partial charge in [0.05, 0.1) is 4.88 Å². The average molecular weight is 291 g/mol. The molecule has 1 atom stereocenters.